The van der Waals surface area contributed by atoms with Crippen molar-refractivity contribution in [2.45, 2.75) is 38.5 Å². The van der Waals surface area contributed by atoms with Crippen molar-refractivity contribution in [1.29, 1.82) is 0 Å². The minimum absolute atomic E-state index is 0.206. The van der Waals surface area contributed by atoms with Gasteiger partial charge in [0.1, 0.15) is 0 Å². The van der Waals surface area contributed by atoms with E-state index in [9.17, 15) is 9.59 Å². The lowest BCUT2D eigenvalue weighted by Gasteiger charge is -2.01. The summed E-state index contributed by atoms with van der Waals surface area (Å²) in [6.45, 7) is 0. The number of amides is 1. The number of hydrogen-bond acceptors (Lipinski definition) is 3. The lowest BCUT2D eigenvalue weighted by Crippen LogP contribution is -2.27. The van der Waals surface area contributed by atoms with Gasteiger partial charge in [-0.1, -0.05) is 43.2 Å². The number of carbonyl (C=O) groups excluding carboxylic acids is 2. The number of hydrogen-bond donors (Lipinski definition) is 2. The second-order valence-electron chi connectivity index (χ2n) is 4.26. The van der Waals surface area contributed by atoms with Crippen molar-refractivity contribution in [3.8, 4) is 0 Å². The van der Waals surface area contributed by atoms with Gasteiger partial charge in [-0.3, -0.25) is 14.8 Å². The van der Waals surface area contributed by atoms with Crippen LogP contribution in [0.1, 0.15) is 37.7 Å². The fourth-order valence-corrected chi connectivity index (χ4v) is 1.79. The van der Waals surface area contributed by atoms with E-state index >= 15 is 0 Å². The number of hydroxylamine groups is 1. The van der Waals surface area contributed by atoms with Crippen molar-refractivity contribution in [3.05, 3.63) is 35.9 Å². The van der Waals surface area contributed by atoms with Crippen molar-refractivity contribution in [2.24, 2.45) is 0 Å². The first-order valence-electron chi connectivity index (χ1n) is 6.25. The molecule has 0 unspecified atom stereocenters. The molecule has 18 heavy (non-hydrogen) atoms. The van der Waals surface area contributed by atoms with Crippen LogP contribution in [-0.4, -0.2) is 16.9 Å². The van der Waals surface area contributed by atoms with E-state index < -0.39 is 11.7 Å². The summed E-state index contributed by atoms with van der Waals surface area (Å²) >= 11 is 0. The molecule has 4 heteroatoms. The van der Waals surface area contributed by atoms with Gasteiger partial charge in [-0.15, -0.1) is 0 Å². The van der Waals surface area contributed by atoms with Gasteiger partial charge in [0.2, 0.25) is 5.78 Å². The molecule has 0 saturated heterocycles. The molecule has 0 atom stereocenters. The molecule has 1 aromatic carbocycles. The second kappa shape index (κ2) is 8.42. The highest BCUT2D eigenvalue weighted by atomic mass is 16.5. The predicted octanol–water partition coefficient (Wildman–Crippen LogP) is 2.25. The normalized spacial score (nSPS) is 10.1. The molecule has 0 aliphatic rings. The molecule has 0 heterocycles. The Labute approximate surface area is 107 Å². The van der Waals surface area contributed by atoms with Gasteiger partial charge in [0.05, 0.1) is 0 Å². The number of aryl methyl sites for hydroxylation is 1. The Bertz CT molecular complexity index is 376. The third-order valence-corrected chi connectivity index (χ3v) is 2.82. The van der Waals surface area contributed by atoms with Crippen LogP contribution >= 0.6 is 0 Å². The smallest absolute Gasteiger partial charge is 0.289 e. The molecule has 0 aliphatic heterocycles. The average molecular weight is 249 g/mol. The van der Waals surface area contributed by atoms with Gasteiger partial charge in [-0.05, 0) is 24.8 Å². The van der Waals surface area contributed by atoms with E-state index in [1.807, 2.05) is 18.2 Å². The lowest BCUT2D eigenvalue weighted by atomic mass is 10.0. The number of benzene rings is 1. The van der Waals surface area contributed by atoms with Crippen LogP contribution in [0, 0.1) is 0 Å². The van der Waals surface area contributed by atoms with Crippen molar-refractivity contribution in [3.63, 3.8) is 0 Å². The van der Waals surface area contributed by atoms with Crippen LogP contribution in [-0.2, 0) is 16.0 Å². The Morgan fingerprint density at radius 1 is 1.00 bits per heavy atom. The van der Waals surface area contributed by atoms with Crippen molar-refractivity contribution in [2.75, 3.05) is 0 Å². The van der Waals surface area contributed by atoms with Gasteiger partial charge < -0.3 is 0 Å². The zero-order valence-electron chi connectivity index (χ0n) is 10.4. The maximum Gasteiger partial charge on any atom is 0.310 e. The highest BCUT2D eigenvalue weighted by molar-refractivity contribution is 6.35. The number of carbonyl (C=O) groups is 2. The molecular weight excluding hydrogens is 230 g/mol. The van der Waals surface area contributed by atoms with Gasteiger partial charge in [-0.2, -0.15) is 0 Å². The molecule has 0 fully saturated rings. The average Bonchev–Trinajstić information content (AvgIpc) is 2.42. The van der Waals surface area contributed by atoms with Gasteiger partial charge in [0, 0.05) is 6.42 Å². The summed E-state index contributed by atoms with van der Waals surface area (Å²) in [4.78, 5) is 21.8. The Morgan fingerprint density at radius 2 is 1.67 bits per heavy atom. The molecule has 0 aliphatic carbocycles. The maximum absolute atomic E-state index is 11.1. The SMILES string of the molecule is O=C(CCCCCCc1ccccc1)C(=O)NO. The van der Waals surface area contributed by atoms with Crippen LogP contribution in [0.25, 0.3) is 0 Å². The van der Waals surface area contributed by atoms with Crippen LogP contribution < -0.4 is 5.48 Å². The Kier molecular flexibility index (Phi) is 6.72. The van der Waals surface area contributed by atoms with E-state index in [1.54, 1.807) is 0 Å². The highest BCUT2D eigenvalue weighted by Crippen LogP contribution is 2.08. The number of rotatable bonds is 8. The molecule has 2 N–H and O–H groups in total. The van der Waals surface area contributed by atoms with E-state index in [0.717, 1.165) is 25.7 Å². The highest BCUT2D eigenvalue weighted by Gasteiger charge is 2.10. The standard InChI is InChI=1S/C14H19NO3/c16-13(14(17)15-18)11-7-2-1-4-8-12-9-5-3-6-10-12/h3,5-6,9-10,18H,1-2,4,7-8,11H2,(H,15,17). The molecule has 0 aromatic heterocycles. The first-order valence-corrected chi connectivity index (χ1v) is 6.25. The van der Waals surface area contributed by atoms with Crippen molar-refractivity contribution >= 4 is 11.7 Å². The number of ketones is 1. The molecule has 0 spiro atoms. The fraction of sp³-hybridized carbons (Fsp3) is 0.429. The fourth-order valence-electron chi connectivity index (χ4n) is 1.79. The zero-order chi connectivity index (χ0) is 13.2. The summed E-state index contributed by atoms with van der Waals surface area (Å²) < 4.78 is 0. The molecule has 1 rings (SSSR count). The monoisotopic (exact) mass is 249 g/mol. The third kappa shape index (κ3) is 5.59. The minimum atomic E-state index is -0.917. The molecule has 0 radical (unpaired) electrons. The number of unbranched alkanes of at least 4 members (excludes halogenated alkanes) is 3. The van der Waals surface area contributed by atoms with E-state index in [4.69, 9.17) is 5.21 Å². The van der Waals surface area contributed by atoms with E-state index in [-0.39, 0.29) is 6.42 Å². The Balaban J connectivity index is 2.03. The summed E-state index contributed by atoms with van der Waals surface area (Å²) in [5.74, 6) is -1.47. The summed E-state index contributed by atoms with van der Waals surface area (Å²) in [7, 11) is 0. The molecule has 0 bridgehead atoms. The van der Waals surface area contributed by atoms with Gasteiger partial charge in [-0.25, -0.2) is 5.48 Å². The lowest BCUT2D eigenvalue weighted by molar-refractivity contribution is -0.143. The first-order chi connectivity index (χ1) is 8.74. The molecule has 98 valence electrons. The minimum Gasteiger partial charge on any atom is -0.289 e. The first kappa shape index (κ1) is 14.4. The van der Waals surface area contributed by atoms with Gasteiger partial charge in [0.25, 0.3) is 0 Å². The zero-order valence-corrected chi connectivity index (χ0v) is 10.4. The third-order valence-electron chi connectivity index (χ3n) is 2.82. The number of nitrogens with one attached hydrogen (secondary N) is 1. The summed E-state index contributed by atoms with van der Waals surface area (Å²) in [5.41, 5.74) is 2.68. The molecule has 1 amide bonds. The van der Waals surface area contributed by atoms with Crippen LogP contribution in [0.4, 0.5) is 0 Å². The molecule has 0 saturated carbocycles. The summed E-state index contributed by atoms with van der Waals surface area (Å²) in [5, 5.41) is 8.25. The van der Waals surface area contributed by atoms with Crippen molar-refractivity contribution < 1.29 is 14.8 Å². The summed E-state index contributed by atoms with van der Waals surface area (Å²) in [6.07, 6.45) is 5.01. The predicted molar refractivity (Wildman–Crippen MR) is 68.2 cm³/mol. The Hall–Kier alpha value is -1.68. The van der Waals surface area contributed by atoms with Crippen LogP contribution in [0.15, 0.2) is 30.3 Å². The van der Waals surface area contributed by atoms with Crippen LogP contribution in [0.2, 0.25) is 0 Å². The van der Waals surface area contributed by atoms with Crippen molar-refractivity contribution in [1.82, 2.24) is 5.48 Å². The van der Waals surface area contributed by atoms with Crippen LogP contribution in [0.5, 0.6) is 0 Å². The largest absolute Gasteiger partial charge is 0.310 e. The molecular formula is C14H19NO3. The van der Waals surface area contributed by atoms with Crippen LogP contribution in [0.3, 0.4) is 0 Å². The quantitative estimate of drug-likeness (QED) is 0.321. The van der Waals surface area contributed by atoms with Gasteiger partial charge >= 0.3 is 5.91 Å². The molecule has 4 nitrogen and oxygen atoms in total. The van der Waals surface area contributed by atoms with E-state index in [1.165, 1.54) is 11.0 Å². The topological polar surface area (TPSA) is 66.4 Å². The summed E-state index contributed by atoms with van der Waals surface area (Å²) in [6, 6.07) is 10.3. The van der Waals surface area contributed by atoms with Gasteiger partial charge in [0.15, 0.2) is 0 Å². The molecule has 1 aromatic rings. The maximum atomic E-state index is 11.1. The Morgan fingerprint density at radius 3 is 2.33 bits per heavy atom. The van der Waals surface area contributed by atoms with E-state index in [0.29, 0.717) is 6.42 Å². The second-order valence-corrected chi connectivity index (χ2v) is 4.26. The van der Waals surface area contributed by atoms with E-state index in [2.05, 4.69) is 12.1 Å². The number of Topliss-reactive ketones (excluding diaryl/α,β-unsaturated/α-hetero) is 1.